The molecule has 0 N–H and O–H groups in total. The van der Waals surface area contributed by atoms with Crippen molar-refractivity contribution >= 4 is 22.9 Å². The van der Waals surface area contributed by atoms with Crippen molar-refractivity contribution in [1.29, 1.82) is 0 Å². The fourth-order valence-electron chi connectivity index (χ4n) is 2.50. The summed E-state index contributed by atoms with van der Waals surface area (Å²) in [7, 11) is 0. The predicted octanol–water partition coefficient (Wildman–Crippen LogP) is 5.49. The van der Waals surface area contributed by atoms with Crippen molar-refractivity contribution in [2.24, 2.45) is 0 Å². The van der Waals surface area contributed by atoms with E-state index in [9.17, 15) is 0 Å². The summed E-state index contributed by atoms with van der Waals surface area (Å²) in [6.45, 7) is 5.44. The number of aryl methyl sites for hydroxylation is 2. The van der Waals surface area contributed by atoms with Crippen molar-refractivity contribution in [2.75, 3.05) is 6.61 Å². The van der Waals surface area contributed by atoms with E-state index >= 15 is 0 Å². The predicted molar refractivity (Wildman–Crippen MR) is 104 cm³/mol. The highest BCUT2D eigenvalue weighted by molar-refractivity contribution is 7.15. The Labute approximate surface area is 157 Å². The Kier molecular flexibility index (Phi) is 6.19. The lowest BCUT2D eigenvalue weighted by atomic mass is 10.2. The van der Waals surface area contributed by atoms with Crippen LogP contribution in [0.15, 0.2) is 42.6 Å². The third-order valence-electron chi connectivity index (χ3n) is 4.00. The summed E-state index contributed by atoms with van der Waals surface area (Å²) in [6.07, 6.45) is 3.66. The van der Waals surface area contributed by atoms with Gasteiger partial charge in [-0.25, -0.2) is 4.98 Å². The number of aromatic nitrogens is 2. The van der Waals surface area contributed by atoms with Crippen LogP contribution in [0.25, 0.3) is 10.6 Å². The average molecular weight is 373 g/mol. The number of pyridine rings is 1. The Hall–Kier alpha value is -1.75. The number of nitrogens with zero attached hydrogens (tertiary/aromatic N) is 2. The Morgan fingerprint density at radius 2 is 1.96 bits per heavy atom. The van der Waals surface area contributed by atoms with Gasteiger partial charge in [0, 0.05) is 22.5 Å². The second kappa shape index (κ2) is 8.56. The summed E-state index contributed by atoms with van der Waals surface area (Å²) in [5, 5.41) is 1.80. The monoisotopic (exact) mass is 372 g/mol. The molecule has 3 nitrogen and oxygen atoms in total. The van der Waals surface area contributed by atoms with Gasteiger partial charge in [-0.2, -0.15) is 0 Å². The lowest BCUT2D eigenvalue weighted by Gasteiger charge is -2.04. The molecule has 0 amide bonds. The van der Waals surface area contributed by atoms with Crippen molar-refractivity contribution in [3.63, 3.8) is 0 Å². The van der Waals surface area contributed by atoms with Crippen LogP contribution in [-0.4, -0.2) is 16.6 Å². The zero-order valence-corrected chi connectivity index (χ0v) is 16.0. The topological polar surface area (TPSA) is 35.0 Å². The van der Waals surface area contributed by atoms with Gasteiger partial charge in [0.25, 0.3) is 0 Å². The fourth-order valence-corrected chi connectivity index (χ4v) is 3.62. The first-order valence-corrected chi connectivity index (χ1v) is 9.59. The highest BCUT2D eigenvalue weighted by Crippen LogP contribution is 2.28. The maximum absolute atomic E-state index is 5.90. The van der Waals surface area contributed by atoms with E-state index in [4.69, 9.17) is 21.3 Å². The van der Waals surface area contributed by atoms with Crippen LogP contribution in [0.5, 0.6) is 0 Å². The summed E-state index contributed by atoms with van der Waals surface area (Å²) in [5.41, 5.74) is 4.50. The summed E-state index contributed by atoms with van der Waals surface area (Å²) < 4.78 is 5.85. The second-order valence-electron chi connectivity index (χ2n) is 5.85. The van der Waals surface area contributed by atoms with Crippen molar-refractivity contribution in [3.05, 3.63) is 69.4 Å². The van der Waals surface area contributed by atoms with E-state index in [1.165, 1.54) is 10.4 Å². The molecule has 0 atom stereocenters. The molecule has 2 heterocycles. The Morgan fingerprint density at radius 3 is 2.72 bits per heavy atom. The van der Waals surface area contributed by atoms with Gasteiger partial charge in [-0.3, -0.25) is 4.98 Å². The van der Waals surface area contributed by atoms with E-state index in [2.05, 4.69) is 18.0 Å². The molecule has 3 aromatic rings. The molecule has 0 saturated carbocycles. The van der Waals surface area contributed by atoms with Gasteiger partial charge in [-0.1, -0.05) is 30.7 Å². The van der Waals surface area contributed by atoms with Crippen LogP contribution in [-0.2, 0) is 24.2 Å². The molecule has 0 spiro atoms. The Balaban J connectivity index is 1.58. The van der Waals surface area contributed by atoms with Crippen LogP contribution in [0.1, 0.15) is 28.8 Å². The number of hydrogen-bond donors (Lipinski definition) is 0. The van der Waals surface area contributed by atoms with E-state index in [1.807, 2.05) is 43.5 Å². The molecule has 25 heavy (non-hydrogen) atoms. The molecule has 0 fully saturated rings. The third-order valence-corrected chi connectivity index (χ3v) is 5.43. The molecule has 1 aromatic carbocycles. The summed E-state index contributed by atoms with van der Waals surface area (Å²) >= 11 is 7.60. The minimum atomic E-state index is 0.600. The standard InChI is InChI=1S/C20H21ClN2OS/c1-3-18-12-16(8-10-22-18)20-23-14(2)19(25-20)13-24-11-9-15-4-6-17(21)7-5-15/h4-8,10,12H,3,9,11,13H2,1-2H3. The van der Waals surface area contributed by atoms with E-state index in [0.717, 1.165) is 39.8 Å². The molecule has 0 aliphatic rings. The average Bonchev–Trinajstić information content (AvgIpc) is 3.01. The van der Waals surface area contributed by atoms with Crippen LogP contribution in [0.3, 0.4) is 0 Å². The summed E-state index contributed by atoms with van der Waals surface area (Å²) in [6, 6.07) is 12.0. The van der Waals surface area contributed by atoms with Gasteiger partial charge < -0.3 is 4.74 Å². The zero-order valence-electron chi connectivity index (χ0n) is 14.5. The number of halogens is 1. The van der Waals surface area contributed by atoms with Crippen LogP contribution < -0.4 is 0 Å². The van der Waals surface area contributed by atoms with E-state index in [-0.39, 0.29) is 0 Å². The van der Waals surface area contributed by atoms with Gasteiger partial charge in [-0.05, 0) is 49.6 Å². The fraction of sp³-hybridized carbons (Fsp3) is 0.300. The maximum Gasteiger partial charge on any atom is 0.124 e. The van der Waals surface area contributed by atoms with Gasteiger partial charge in [0.15, 0.2) is 0 Å². The molecule has 0 radical (unpaired) electrons. The molecule has 2 aromatic heterocycles. The number of hydrogen-bond acceptors (Lipinski definition) is 4. The number of thiazole rings is 1. The van der Waals surface area contributed by atoms with Crippen molar-refractivity contribution in [2.45, 2.75) is 33.3 Å². The lowest BCUT2D eigenvalue weighted by molar-refractivity contribution is 0.125. The smallest absolute Gasteiger partial charge is 0.124 e. The second-order valence-corrected chi connectivity index (χ2v) is 7.37. The maximum atomic E-state index is 5.90. The highest BCUT2D eigenvalue weighted by Gasteiger charge is 2.10. The molecule has 0 aliphatic heterocycles. The molecule has 130 valence electrons. The van der Waals surface area contributed by atoms with Crippen LogP contribution in [0, 0.1) is 6.92 Å². The van der Waals surface area contributed by atoms with E-state index in [1.54, 1.807) is 11.3 Å². The first kappa shape index (κ1) is 18.1. The van der Waals surface area contributed by atoms with Crippen molar-refractivity contribution < 1.29 is 4.74 Å². The van der Waals surface area contributed by atoms with Gasteiger partial charge in [0.1, 0.15) is 5.01 Å². The normalized spacial score (nSPS) is 11.0. The van der Waals surface area contributed by atoms with Crippen LogP contribution in [0.2, 0.25) is 5.02 Å². The van der Waals surface area contributed by atoms with Crippen LogP contribution >= 0.6 is 22.9 Å². The van der Waals surface area contributed by atoms with Gasteiger partial charge in [0.05, 0.1) is 23.8 Å². The Morgan fingerprint density at radius 1 is 1.16 bits per heavy atom. The summed E-state index contributed by atoms with van der Waals surface area (Å²) in [4.78, 5) is 10.2. The van der Waals surface area contributed by atoms with E-state index < -0.39 is 0 Å². The minimum Gasteiger partial charge on any atom is -0.376 e. The lowest BCUT2D eigenvalue weighted by Crippen LogP contribution is -1.98. The largest absolute Gasteiger partial charge is 0.376 e. The van der Waals surface area contributed by atoms with Gasteiger partial charge in [-0.15, -0.1) is 11.3 Å². The highest BCUT2D eigenvalue weighted by atomic mass is 35.5. The molecule has 0 bridgehead atoms. The molecule has 3 rings (SSSR count). The molecular formula is C20H21ClN2OS. The number of rotatable bonds is 7. The van der Waals surface area contributed by atoms with Crippen molar-refractivity contribution in [1.82, 2.24) is 9.97 Å². The number of benzene rings is 1. The first-order chi connectivity index (χ1) is 12.2. The SMILES string of the molecule is CCc1cc(-c2nc(C)c(COCCc3ccc(Cl)cc3)s2)ccn1. The molecule has 0 saturated heterocycles. The first-order valence-electron chi connectivity index (χ1n) is 8.39. The number of ether oxygens (including phenoxy) is 1. The molecular weight excluding hydrogens is 352 g/mol. The van der Waals surface area contributed by atoms with Crippen molar-refractivity contribution in [3.8, 4) is 10.6 Å². The Bertz CT molecular complexity index is 830. The minimum absolute atomic E-state index is 0.600. The molecule has 0 unspecified atom stereocenters. The van der Waals surface area contributed by atoms with Gasteiger partial charge in [0.2, 0.25) is 0 Å². The molecule has 5 heteroatoms. The quantitative estimate of drug-likeness (QED) is 0.514. The van der Waals surface area contributed by atoms with E-state index in [0.29, 0.717) is 13.2 Å². The zero-order chi connectivity index (χ0) is 17.6. The van der Waals surface area contributed by atoms with Crippen LogP contribution in [0.4, 0.5) is 0 Å². The summed E-state index contributed by atoms with van der Waals surface area (Å²) in [5.74, 6) is 0. The van der Waals surface area contributed by atoms with Gasteiger partial charge >= 0.3 is 0 Å². The molecule has 0 aliphatic carbocycles. The third kappa shape index (κ3) is 4.88.